The molecule has 1 fully saturated rings. The summed E-state index contributed by atoms with van der Waals surface area (Å²) in [5.41, 5.74) is 0.939. The van der Waals surface area contributed by atoms with Crippen molar-refractivity contribution in [3.63, 3.8) is 0 Å². The standard InChI is InChI=1S/C19H17FN2O2S2/c20-13-4-6-14(7-5-13)26-21-16-2-1-3-17-15(16)12-18(25-17)19(23)22-8-10-24-11-9-22/h1-7,12,21H,8-11H2. The van der Waals surface area contributed by atoms with Crippen LogP contribution in [0.1, 0.15) is 9.67 Å². The van der Waals surface area contributed by atoms with Gasteiger partial charge >= 0.3 is 0 Å². The number of morpholine rings is 1. The molecule has 1 aromatic heterocycles. The van der Waals surface area contributed by atoms with Crippen LogP contribution in [-0.2, 0) is 4.74 Å². The van der Waals surface area contributed by atoms with E-state index in [0.717, 1.165) is 25.5 Å². The fourth-order valence-electron chi connectivity index (χ4n) is 2.79. The largest absolute Gasteiger partial charge is 0.378 e. The maximum atomic E-state index is 13.0. The first-order valence-corrected chi connectivity index (χ1v) is 9.92. The van der Waals surface area contributed by atoms with Gasteiger partial charge in [0.1, 0.15) is 5.82 Å². The molecule has 0 aliphatic carbocycles. The minimum Gasteiger partial charge on any atom is -0.378 e. The Hall–Kier alpha value is -2.09. The van der Waals surface area contributed by atoms with Crippen molar-refractivity contribution in [3.8, 4) is 0 Å². The van der Waals surface area contributed by atoms with Gasteiger partial charge in [0.15, 0.2) is 0 Å². The third kappa shape index (κ3) is 3.70. The molecule has 0 atom stereocenters. The van der Waals surface area contributed by atoms with E-state index in [1.807, 2.05) is 29.2 Å². The number of carbonyl (C=O) groups excluding carboxylic acids is 1. The number of amides is 1. The Morgan fingerprint density at radius 2 is 1.92 bits per heavy atom. The van der Waals surface area contributed by atoms with E-state index < -0.39 is 0 Å². The van der Waals surface area contributed by atoms with Crippen LogP contribution in [0.5, 0.6) is 0 Å². The van der Waals surface area contributed by atoms with E-state index in [1.165, 1.54) is 35.4 Å². The average Bonchev–Trinajstić information content (AvgIpc) is 3.12. The Bertz CT molecular complexity index is 921. The lowest BCUT2D eigenvalue weighted by Crippen LogP contribution is -2.40. The van der Waals surface area contributed by atoms with Crippen molar-refractivity contribution >= 4 is 45.0 Å². The zero-order chi connectivity index (χ0) is 17.9. The minimum absolute atomic E-state index is 0.0617. The second-order valence-electron chi connectivity index (χ2n) is 5.89. The van der Waals surface area contributed by atoms with E-state index in [0.29, 0.717) is 26.3 Å². The summed E-state index contributed by atoms with van der Waals surface area (Å²) >= 11 is 2.92. The van der Waals surface area contributed by atoms with E-state index >= 15 is 0 Å². The van der Waals surface area contributed by atoms with Crippen molar-refractivity contribution in [3.05, 3.63) is 59.2 Å². The van der Waals surface area contributed by atoms with Crippen molar-refractivity contribution in [1.29, 1.82) is 0 Å². The highest BCUT2D eigenvalue weighted by molar-refractivity contribution is 8.00. The highest BCUT2D eigenvalue weighted by Crippen LogP contribution is 2.34. The lowest BCUT2D eigenvalue weighted by Gasteiger charge is -2.26. The van der Waals surface area contributed by atoms with Gasteiger partial charge in [-0.25, -0.2) is 4.39 Å². The molecule has 0 radical (unpaired) electrons. The van der Waals surface area contributed by atoms with Crippen LogP contribution in [0.25, 0.3) is 10.1 Å². The molecule has 4 nitrogen and oxygen atoms in total. The lowest BCUT2D eigenvalue weighted by atomic mass is 10.2. The van der Waals surface area contributed by atoms with Gasteiger partial charge in [-0.2, -0.15) is 0 Å². The summed E-state index contributed by atoms with van der Waals surface area (Å²) < 4.78 is 22.7. The highest BCUT2D eigenvalue weighted by Gasteiger charge is 2.21. The third-order valence-electron chi connectivity index (χ3n) is 4.16. The summed E-state index contributed by atoms with van der Waals surface area (Å²) in [6.45, 7) is 2.46. The molecule has 7 heteroatoms. The van der Waals surface area contributed by atoms with E-state index in [1.54, 1.807) is 12.1 Å². The van der Waals surface area contributed by atoms with Crippen LogP contribution in [0.4, 0.5) is 10.1 Å². The topological polar surface area (TPSA) is 41.6 Å². The van der Waals surface area contributed by atoms with Crippen molar-refractivity contribution < 1.29 is 13.9 Å². The molecule has 1 aliphatic heterocycles. The van der Waals surface area contributed by atoms with Crippen molar-refractivity contribution in [2.24, 2.45) is 0 Å². The molecular formula is C19H17FN2O2S2. The predicted octanol–water partition coefficient (Wildman–Crippen LogP) is 4.63. The van der Waals surface area contributed by atoms with Gasteiger partial charge in [0.2, 0.25) is 0 Å². The number of rotatable bonds is 4. The van der Waals surface area contributed by atoms with Crippen LogP contribution >= 0.6 is 23.3 Å². The van der Waals surface area contributed by atoms with Gasteiger partial charge < -0.3 is 14.4 Å². The molecule has 0 saturated carbocycles. The van der Waals surface area contributed by atoms with Crippen LogP contribution in [0.15, 0.2) is 53.4 Å². The Labute approximate surface area is 159 Å². The fraction of sp³-hybridized carbons (Fsp3) is 0.211. The van der Waals surface area contributed by atoms with Gasteiger partial charge in [0.25, 0.3) is 5.91 Å². The lowest BCUT2D eigenvalue weighted by molar-refractivity contribution is 0.0306. The maximum Gasteiger partial charge on any atom is 0.264 e. The molecule has 1 aliphatic rings. The summed E-state index contributed by atoms with van der Waals surface area (Å²) in [5, 5.41) is 1.02. The number of ether oxygens (including phenoxy) is 1. The van der Waals surface area contributed by atoms with Gasteiger partial charge in [-0.1, -0.05) is 6.07 Å². The number of fused-ring (bicyclic) bond motifs is 1. The minimum atomic E-state index is -0.249. The van der Waals surface area contributed by atoms with E-state index in [9.17, 15) is 9.18 Å². The molecule has 3 aromatic rings. The van der Waals surface area contributed by atoms with E-state index in [-0.39, 0.29) is 11.7 Å². The van der Waals surface area contributed by atoms with Gasteiger partial charge in [-0.3, -0.25) is 4.79 Å². The van der Waals surface area contributed by atoms with Crippen molar-refractivity contribution in [2.45, 2.75) is 4.90 Å². The molecule has 1 amide bonds. The highest BCUT2D eigenvalue weighted by atomic mass is 32.2. The number of halogens is 1. The molecule has 2 aromatic carbocycles. The summed E-state index contributed by atoms with van der Waals surface area (Å²) in [6.07, 6.45) is 0. The van der Waals surface area contributed by atoms with Crippen molar-refractivity contribution in [2.75, 3.05) is 31.0 Å². The molecule has 26 heavy (non-hydrogen) atoms. The number of hydrogen-bond acceptors (Lipinski definition) is 5. The monoisotopic (exact) mass is 388 g/mol. The molecule has 4 rings (SSSR count). The predicted molar refractivity (Wildman–Crippen MR) is 104 cm³/mol. The fourth-order valence-corrected chi connectivity index (χ4v) is 4.53. The van der Waals surface area contributed by atoms with Crippen LogP contribution in [-0.4, -0.2) is 37.1 Å². The number of anilines is 1. The van der Waals surface area contributed by atoms with E-state index in [2.05, 4.69) is 4.72 Å². The zero-order valence-corrected chi connectivity index (χ0v) is 15.5. The van der Waals surface area contributed by atoms with Gasteiger partial charge in [-0.05, 0) is 54.4 Å². The number of benzene rings is 2. The molecule has 1 saturated heterocycles. The van der Waals surface area contributed by atoms with Crippen LogP contribution in [0.3, 0.4) is 0 Å². The molecule has 2 heterocycles. The first-order valence-electron chi connectivity index (χ1n) is 8.29. The Morgan fingerprint density at radius 1 is 1.15 bits per heavy atom. The number of nitrogens with zero attached hydrogens (tertiary/aromatic N) is 1. The number of hydrogen-bond donors (Lipinski definition) is 1. The molecular weight excluding hydrogens is 371 g/mol. The van der Waals surface area contributed by atoms with Crippen LogP contribution < -0.4 is 4.72 Å². The second-order valence-corrected chi connectivity index (χ2v) is 7.85. The quantitative estimate of drug-likeness (QED) is 0.662. The zero-order valence-electron chi connectivity index (χ0n) is 13.9. The Balaban J connectivity index is 1.55. The SMILES string of the molecule is O=C(c1cc2c(NSc3ccc(F)cc3)cccc2s1)N1CCOCC1. The van der Waals surface area contributed by atoms with Crippen LogP contribution in [0.2, 0.25) is 0 Å². The summed E-state index contributed by atoms with van der Waals surface area (Å²) in [5.74, 6) is -0.188. The summed E-state index contributed by atoms with van der Waals surface area (Å²) in [4.78, 5) is 16.2. The molecule has 0 bridgehead atoms. The van der Waals surface area contributed by atoms with Crippen LogP contribution in [0, 0.1) is 5.82 Å². The summed E-state index contributed by atoms with van der Waals surface area (Å²) in [7, 11) is 0. The number of carbonyl (C=O) groups is 1. The summed E-state index contributed by atoms with van der Waals surface area (Å²) in [6, 6.07) is 14.3. The normalized spacial score (nSPS) is 14.6. The van der Waals surface area contributed by atoms with Crippen molar-refractivity contribution in [1.82, 2.24) is 4.90 Å². The van der Waals surface area contributed by atoms with E-state index in [4.69, 9.17) is 4.74 Å². The number of thiophene rings is 1. The molecule has 1 N–H and O–H groups in total. The van der Waals surface area contributed by atoms with Gasteiger partial charge in [-0.15, -0.1) is 11.3 Å². The average molecular weight is 388 g/mol. The maximum absolute atomic E-state index is 13.0. The Kier molecular flexibility index (Phi) is 5.10. The van der Waals surface area contributed by atoms with Gasteiger partial charge in [0, 0.05) is 28.1 Å². The second kappa shape index (κ2) is 7.65. The number of nitrogens with one attached hydrogen (secondary N) is 1. The smallest absolute Gasteiger partial charge is 0.264 e. The third-order valence-corrected chi connectivity index (χ3v) is 6.08. The molecule has 0 unspecified atom stereocenters. The first kappa shape index (κ1) is 17.3. The molecule has 134 valence electrons. The first-order chi connectivity index (χ1) is 12.7. The molecule has 0 spiro atoms. The van der Waals surface area contributed by atoms with Gasteiger partial charge in [0.05, 0.1) is 23.8 Å². The Morgan fingerprint density at radius 3 is 2.69 bits per heavy atom.